The molecule has 0 radical (unpaired) electrons. The van der Waals surface area contributed by atoms with Crippen molar-refractivity contribution in [3.05, 3.63) is 39.9 Å². The van der Waals surface area contributed by atoms with Crippen molar-refractivity contribution in [3.8, 4) is 11.5 Å². The number of hydrogen-bond acceptors (Lipinski definition) is 8. The molecule has 0 spiro atoms. The summed E-state index contributed by atoms with van der Waals surface area (Å²) in [6.07, 6.45) is 0.842. The van der Waals surface area contributed by atoms with E-state index in [-0.39, 0.29) is 21.9 Å². The summed E-state index contributed by atoms with van der Waals surface area (Å²) < 4.78 is 10.4. The van der Waals surface area contributed by atoms with Crippen molar-refractivity contribution in [2.45, 2.75) is 13.0 Å². The van der Waals surface area contributed by atoms with Crippen molar-refractivity contribution in [1.29, 1.82) is 0 Å². The number of ether oxygens (including phenoxy) is 2. The molecule has 10 heteroatoms. The highest BCUT2D eigenvalue weighted by Gasteiger charge is 2.24. The van der Waals surface area contributed by atoms with Gasteiger partial charge in [0.25, 0.3) is 5.91 Å². The Balaban J connectivity index is 1.72. The van der Waals surface area contributed by atoms with Gasteiger partial charge in [0.1, 0.15) is 9.71 Å². The van der Waals surface area contributed by atoms with Crippen molar-refractivity contribution in [1.82, 2.24) is 9.88 Å². The molecule has 0 bridgehead atoms. The zero-order chi connectivity index (χ0) is 22.3. The fourth-order valence-electron chi connectivity index (χ4n) is 3.65. The van der Waals surface area contributed by atoms with Crippen LogP contribution in [0.1, 0.15) is 31.3 Å². The first-order valence-electron chi connectivity index (χ1n) is 9.52. The van der Waals surface area contributed by atoms with Crippen LogP contribution >= 0.6 is 11.3 Å². The summed E-state index contributed by atoms with van der Waals surface area (Å²) in [6.45, 7) is 1.71. The molecule has 0 fully saturated rings. The second kappa shape index (κ2) is 8.05. The normalized spacial score (nSPS) is 13.6. The van der Waals surface area contributed by atoms with Crippen LogP contribution < -0.4 is 20.5 Å². The van der Waals surface area contributed by atoms with Crippen LogP contribution in [0.2, 0.25) is 0 Å². The van der Waals surface area contributed by atoms with Gasteiger partial charge in [-0.05, 0) is 18.7 Å². The summed E-state index contributed by atoms with van der Waals surface area (Å²) in [5.41, 5.74) is 8.71. The quantitative estimate of drug-likeness (QED) is 0.550. The van der Waals surface area contributed by atoms with Crippen molar-refractivity contribution in [2.75, 3.05) is 38.9 Å². The number of hydrogen-bond donors (Lipinski definition) is 3. The first kappa shape index (κ1) is 20.9. The monoisotopic (exact) mass is 442 g/mol. The number of carbonyl (C=O) groups is 2. The number of likely N-dealkylation sites (N-methyl/N-ethyl adjacent to an activating group) is 1. The minimum Gasteiger partial charge on any atom is -0.493 e. The molecule has 0 atom stereocenters. The number of carbonyl (C=O) groups excluding carboxylic acids is 1. The fourth-order valence-corrected chi connectivity index (χ4v) is 4.64. The van der Waals surface area contributed by atoms with Crippen molar-refractivity contribution >= 4 is 44.8 Å². The molecule has 2 aromatic heterocycles. The van der Waals surface area contributed by atoms with E-state index >= 15 is 0 Å². The number of thiophene rings is 1. The van der Waals surface area contributed by atoms with E-state index in [1.54, 1.807) is 0 Å². The molecule has 0 saturated carbocycles. The molecule has 31 heavy (non-hydrogen) atoms. The van der Waals surface area contributed by atoms with Gasteiger partial charge in [-0.2, -0.15) is 0 Å². The lowest BCUT2D eigenvalue weighted by atomic mass is 10.0. The van der Waals surface area contributed by atoms with E-state index in [1.807, 2.05) is 13.1 Å². The van der Waals surface area contributed by atoms with Gasteiger partial charge in [0.05, 0.1) is 31.2 Å². The highest BCUT2D eigenvalue weighted by atomic mass is 32.1. The zero-order valence-corrected chi connectivity index (χ0v) is 18.1. The number of aromatic carboxylic acids is 1. The van der Waals surface area contributed by atoms with E-state index in [0.717, 1.165) is 36.2 Å². The van der Waals surface area contributed by atoms with Gasteiger partial charge in [-0.25, -0.2) is 9.78 Å². The predicted molar refractivity (Wildman–Crippen MR) is 119 cm³/mol. The molecule has 1 aliphatic heterocycles. The number of anilines is 2. The Kier molecular flexibility index (Phi) is 5.42. The Hall–Kier alpha value is -3.37. The van der Waals surface area contributed by atoms with Gasteiger partial charge in [0.2, 0.25) is 0 Å². The lowest BCUT2D eigenvalue weighted by molar-refractivity contribution is 0.0697. The van der Waals surface area contributed by atoms with Crippen LogP contribution in [0.3, 0.4) is 0 Å². The molecule has 0 saturated heterocycles. The van der Waals surface area contributed by atoms with Crippen LogP contribution in [0, 0.1) is 0 Å². The predicted octanol–water partition coefficient (Wildman–Crippen LogP) is 2.83. The number of carboxylic acid groups (broad SMARTS) is 1. The topological polar surface area (TPSA) is 127 Å². The Morgan fingerprint density at radius 3 is 2.61 bits per heavy atom. The van der Waals surface area contributed by atoms with Crippen LogP contribution in [0.5, 0.6) is 11.5 Å². The van der Waals surface area contributed by atoms with Crippen molar-refractivity contribution < 1.29 is 24.2 Å². The van der Waals surface area contributed by atoms with Gasteiger partial charge in [-0.15, -0.1) is 11.3 Å². The lowest BCUT2D eigenvalue weighted by Gasteiger charge is -2.24. The number of nitrogen functional groups attached to an aromatic ring is 1. The number of nitrogens with one attached hydrogen (secondary N) is 1. The largest absolute Gasteiger partial charge is 0.493 e. The number of fused-ring (bicyclic) bond motifs is 2. The maximum absolute atomic E-state index is 13.0. The molecule has 3 aromatic rings. The van der Waals surface area contributed by atoms with Crippen molar-refractivity contribution in [3.63, 3.8) is 0 Å². The lowest BCUT2D eigenvalue weighted by Crippen LogP contribution is -2.27. The Morgan fingerprint density at radius 2 is 1.94 bits per heavy atom. The average Bonchev–Trinajstić information content (AvgIpc) is 3.07. The number of nitrogens with two attached hydrogens (primary N) is 1. The minimum atomic E-state index is -1.21. The third-order valence-corrected chi connectivity index (χ3v) is 6.38. The smallest absolute Gasteiger partial charge is 0.337 e. The Labute approximate surface area is 182 Å². The standard InChI is InChI=1S/C21H22N4O5S/c1-25-5-4-13-10(9-25)6-12-17(22)18(31-20(12)24-13)19(26)23-14-8-16(30-3)15(29-2)7-11(14)21(27)28/h6-8H,4-5,9,22H2,1-3H3,(H,23,26)(H,27,28). The van der Waals surface area contributed by atoms with Crippen LogP contribution in [-0.2, 0) is 13.0 Å². The molecular formula is C21H22N4O5S. The minimum absolute atomic E-state index is 0.0842. The van der Waals surface area contributed by atoms with Gasteiger partial charge >= 0.3 is 5.97 Å². The highest BCUT2D eigenvalue weighted by Crippen LogP contribution is 2.37. The highest BCUT2D eigenvalue weighted by molar-refractivity contribution is 7.21. The number of benzene rings is 1. The number of nitrogens with zero attached hydrogens (tertiary/aromatic N) is 2. The van der Waals surface area contributed by atoms with E-state index in [2.05, 4.69) is 10.2 Å². The molecule has 1 amide bonds. The first-order chi connectivity index (χ1) is 14.8. The molecule has 0 aliphatic carbocycles. The second-order valence-electron chi connectivity index (χ2n) is 7.29. The van der Waals surface area contributed by atoms with Crippen molar-refractivity contribution in [2.24, 2.45) is 0 Å². The third kappa shape index (κ3) is 3.75. The van der Waals surface area contributed by atoms with Crippen LogP contribution in [0.25, 0.3) is 10.2 Å². The van der Waals surface area contributed by atoms with E-state index in [4.69, 9.17) is 20.2 Å². The molecule has 3 heterocycles. The third-order valence-electron chi connectivity index (χ3n) is 5.27. The average molecular weight is 442 g/mol. The number of aromatic nitrogens is 1. The fraction of sp³-hybridized carbons (Fsp3) is 0.286. The SMILES string of the molecule is COc1cc(NC(=O)c2sc3nc4c(cc3c2N)CN(C)CC4)c(C(=O)O)cc1OC. The molecule has 9 nitrogen and oxygen atoms in total. The summed E-state index contributed by atoms with van der Waals surface area (Å²) >= 11 is 1.19. The van der Waals surface area contributed by atoms with Gasteiger partial charge in [0, 0.05) is 42.7 Å². The van der Waals surface area contributed by atoms with E-state index in [0.29, 0.717) is 16.3 Å². The number of pyridine rings is 1. The Morgan fingerprint density at radius 1 is 1.23 bits per heavy atom. The molecule has 1 aliphatic rings. The zero-order valence-electron chi connectivity index (χ0n) is 17.3. The van der Waals surface area contributed by atoms with Gasteiger partial charge in [0.15, 0.2) is 11.5 Å². The molecule has 162 valence electrons. The molecule has 0 unspecified atom stereocenters. The number of amides is 1. The molecule has 1 aromatic carbocycles. The number of rotatable bonds is 5. The first-order valence-corrected chi connectivity index (χ1v) is 10.3. The van der Waals surface area contributed by atoms with E-state index in [1.165, 1.54) is 37.7 Å². The summed E-state index contributed by atoms with van der Waals surface area (Å²) in [6, 6.07) is 4.71. The van der Waals surface area contributed by atoms with E-state index < -0.39 is 11.9 Å². The summed E-state index contributed by atoms with van der Waals surface area (Å²) in [7, 11) is 4.88. The second-order valence-corrected chi connectivity index (χ2v) is 8.29. The van der Waals surface area contributed by atoms with Crippen LogP contribution in [0.4, 0.5) is 11.4 Å². The van der Waals surface area contributed by atoms with Crippen LogP contribution in [0.15, 0.2) is 18.2 Å². The van der Waals surface area contributed by atoms with E-state index in [9.17, 15) is 14.7 Å². The maximum Gasteiger partial charge on any atom is 0.337 e. The summed E-state index contributed by atoms with van der Waals surface area (Å²) in [5.74, 6) is -1.17. The summed E-state index contributed by atoms with van der Waals surface area (Å²) in [4.78, 5) is 32.6. The van der Waals surface area contributed by atoms with Gasteiger partial charge in [-0.3, -0.25) is 4.79 Å². The molecule has 4 rings (SSSR count). The molecular weight excluding hydrogens is 420 g/mol. The van der Waals surface area contributed by atoms with Crippen LogP contribution in [-0.4, -0.2) is 54.7 Å². The maximum atomic E-state index is 13.0. The van der Waals surface area contributed by atoms with Gasteiger partial charge in [-0.1, -0.05) is 0 Å². The summed E-state index contributed by atoms with van der Waals surface area (Å²) in [5, 5.41) is 12.9. The number of carboxylic acids is 1. The van der Waals surface area contributed by atoms with Gasteiger partial charge < -0.3 is 30.5 Å². The number of methoxy groups -OCH3 is 2. The Bertz CT molecular complexity index is 1210. The molecule has 4 N–H and O–H groups in total.